The van der Waals surface area contributed by atoms with E-state index in [-0.39, 0.29) is 22.7 Å². The van der Waals surface area contributed by atoms with Gasteiger partial charge >= 0.3 is 12.5 Å². The highest BCUT2D eigenvalue weighted by Crippen LogP contribution is 2.49. The van der Waals surface area contributed by atoms with Crippen LogP contribution in [0.25, 0.3) is 0 Å². The molecule has 2 atom stereocenters. The van der Waals surface area contributed by atoms with Crippen LogP contribution in [0, 0.1) is 11.7 Å². The van der Waals surface area contributed by atoms with Crippen LogP contribution < -0.4 is 10.1 Å². The predicted octanol–water partition coefficient (Wildman–Crippen LogP) is 6.41. The minimum Gasteiger partial charge on any atom is -0.428 e. The first-order valence-corrected chi connectivity index (χ1v) is 11.7. The van der Waals surface area contributed by atoms with Gasteiger partial charge in [0.2, 0.25) is 5.91 Å². The number of ether oxygens (including phenoxy) is 1. The molecule has 0 saturated heterocycles. The van der Waals surface area contributed by atoms with Crippen molar-refractivity contribution >= 4 is 17.5 Å². The summed E-state index contributed by atoms with van der Waals surface area (Å²) in [5, 5.41) is 2.68. The third-order valence-corrected chi connectivity index (χ3v) is 6.43. The van der Waals surface area contributed by atoms with Gasteiger partial charge in [-0.15, -0.1) is 0 Å². The number of benzene rings is 2. The lowest BCUT2D eigenvalue weighted by atomic mass is 9.72. The van der Waals surface area contributed by atoms with Gasteiger partial charge in [-0.2, -0.15) is 17.6 Å². The molecule has 4 nitrogen and oxygen atoms in total. The fourth-order valence-corrected chi connectivity index (χ4v) is 4.27. The standard InChI is InChI=1S/C26H20ClF7N2O2/c27-17-6-7-21(35-13-17)24(11-15-4-2-1-3-5-15,14-36-22(37)20-12-25(20,31)32)16-8-18(28)10-19(9-16)38-26(33,34)23(29)30/h1-10,13,20,23H,11-12,14H2,(H,36,37)/t20?,24-/m0/s1. The molecule has 0 spiro atoms. The maximum atomic E-state index is 14.8. The van der Waals surface area contributed by atoms with E-state index in [1.165, 1.54) is 18.3 Å². The van der Waals surface area contributed by atoms with Gasteiger partial charge in [-0.05, 0) is 41.8 Å². The number of halogens is 8. The molecule has 4 rings (SSSR count). The van der Waals surface area contributed by atoms with E-state index in [0.29, 0.717) is 11.6 Å². The molecule has 1 heterocycles. The Kier molecular flexibility index (Phi) is 7.60. The third kappa shape index (κ3) is 6.03. The molecule has 2 aromatic carbocycles. The van der Waals surface area contributed by atoms with E-state index in [1.807, 2.05) is 0 Å². The molecule has 202 valence electrons. The number of hydrogen-bond donors (Lipinski definition) is 1. The van der Waals surface area contributed by atoms with Crippen LogP contribution in [0.15, 0.2) is 66.9 Å². The first-order valence-electron chi connectivity index (χ1n) is 11.3. The van der Waals surface area contributed by atoms with E-state index >= 15 is 0 Å². The Morgan fingerprint density at radius 1 is 1.13 bits per heavy atom. The lowest BCUT2D eigenvalue weighted by Crippen LogP contribution is -2.45. The second kappa shape index (κ2) is 10.4. The summed E-state index contributed by atoms with van der Waals surface area (Å²) < 4.78 is 98.9. The highest BCUT2D eigenvalue weighted by atomic mass is 35.5. The van der Waals surface area contributed by atoms with Gasteiger partial charge in [0.05, 0.1) is 16.1 Å². The van der Waals surface area contributed by atoms with Gasteiger partial charge in [0, 0.05) is 25.2 Å². The first kappa shape index (κ1) is 27.7. The van der Waals surface area contributed by atoms with Crippen molar-refractivity contribution < 1.29 is 40.3 Å². The maximum absolute atomic E-state index is 14.8. The lowest BCUT2D eigenvalue weighted by molar-refractivity contribution is -0.253. The van der Waals surface area contributed by atoms with E-state index in [1.54, 1.807) is 30.3 Å². The summed E-state index contributed by atoms with van der Waals surface area (Å²) in [6.45, 7) is -0.421. The van der Waals surface area contributed by atoms with E-state index in [0.717, 1.165) is 12.1 Å². The van der Waals surface area contributed by atoms with Crippen LogP contribution in [0.4, 0.5) is 30.7 Å². The van der Waals surface area contributed by atoms with Crippen LogP contribution in [0.5, 0.6) is 5.75 Å². The Labute approximate surface area is 217 Å². The second-order valence-electron chi connectivity index (χ2n) is 8.98. The minimum absolute atomic E-state index is 0.0298. The zero-order chi connectivity index (χ0) is 27.7. The molecule has 0 aliphatic heterocycles. The zero-order valence-electron chi connectivity index (χ0n) is 19.4. The molecule has 0 radical (unpaired) electrons. The average Bonchev–Trinajstić information content (AvgIpc) is 3.50. The van der Waals surface area contributed by atoms with Gasteiger partial charge in [-0.3, -0.25) is 9.78 Å². The number of hydrogen-bond acceptors (Lipinski definition) is 3. The zero-order valence-corrected chi connectivity index (χ0v) is 20.2. The number of aromatic nitrogens is 1. The Bertz CT molecular complexity index is 1290. The number of pyridine rings is 1. The van der Waals surface area contributed by atoms with Crippen LogP contribution in [0.1, 0.15) is 23.2 Å². The molecule has 12 heteroatoms. The van der Waals surface area contributed by atoms with Crippen molar-refractivity contribution in [3.8, 4) is 5.75 Å². The summed E-state index contributed by atoms with van der Waals surface area (Å²) in [5.74, 6) is -7.68. The minimum atomic E-state index is -4.92. The molecular weight excluding hydrogens is 541 g/mol. The smallest absolute Gasteiger partial charge is 0.428 e. The number of nitrogens with zero attached hydrogens (tertiary/aromatic N) is 1. The molecule has 1 aliphatic rings. The molecule has 1 unspecified atom stereocenters. The Hall–Kier alpha value is -3.34. The molecule has 1 aromatic heterocycles. The van der Waals surface area contributed by atoms with Crippen LogP contribution in [-0.2, 0) is 16.6 Å². The molecule has 1 aliphatic carbocycles. The van der Waals surface area contributed by atoms with Crippen molar-refractivity contribution in [2.24, 2.45) is 5.92 Å². The Morgan fingerprint density at radius 2 is 1.82 bits per heavy atom. The fraction of sp³-hybridized carbons (Fsp3) is 0.308. The summed E-state index contributed by atoms with van der Waals surface area (Å²) in [7, 11) is 0. The summed E-state index contributed by atoms with van der Waals surface area (Å²) in [6, 6.07) is 13.8. The fourth-order valence-electron chi connectivity index (χ4n) is 4.16. The molecule has 38 heavy (non-hydrogen) atoms. The second-order valence-corrected chi connectivity index (χ2v) is 9.42. The largest absolute Gasteiger partial charge is 0.461 e. The number of carbonyl (C=O) groups excluding carboxylic acids is 1. The van der Waals surface area contributed by atoms with Crippen LogP contribution in [0.3, 0.4) is 0 Å². The average molecular weight is 561 g/mol. The van der Waals surface area contributed by atoms with Crippen molar-refractivity contribution in [2.75, 3.05) is 6.54 Å². The van der Waals surface area contributed by atoms with Crippen LogP contribution in [-0.4, -0.2) is 35.9 Å². The van der Waals surface area contributed by atoms with Crippen molar-refractivity contribution in [2.45, 2.75) is 36.7 Å². The predicted molar refractivity (Wildman–Crippen MR) is 124 cm³/mol. The first-order chi connectivity index (χ1) is 17.8. The van der Waals surface area contributed by atoms with E-state index in [4.69, 9.17) is 11.6 Å². The summed E-state index contributed by atoms with van der Waals surface area (Å²) >= 11 is 5.98. The molecule has 1 fully saturated rings. The summed E-state index contributed by atoms with van der Waals surface area (Å²) in [4.78, 5) is 16.8. The number of nitrogens with one attached hydrogen (secondary N) is 1. The van der Waals surface area contributed by atoms with Crippen LogP contribution >= 0.6 is 11.6 Å². The van der Waals surface area contributed by atoms with Crippen molar-refractivity contribution in [1.82, 2.24) is 10.3 Å². The van der Waals surface area contributed by atoms with Gasteiger partial charge in [-0.25, -0.2) is 13.2 Å². The van der Waals surface area contributed by atoms with E-state index in [2.05, 4.69) is 15.0 Å². The van der Waals surface area contributed by atoms with Gasteiger partial charge in [0.25, 0.3) is 5.92 Å². The topological polar surface area (TPSA) is 51.2 Å². The molecular formula is C26H20ClF7N2O2. The van der Waals surface area contributed by atoms with Gasteiger partial charge in [-0.1, -0.05) is 41.9 Å². The highest BCUT2D eigenvalue weighted by Gasteiger charge is 2.61. The quantitative estimate of drug-likeness (QED) is 0.292. The Balaban J connectivity index is 1.85. The number of alkyl halides is 6. The number of amides is 1. The van der Waals surface area contributed by atoms with E-state index in [9.17, 15) is 35.5 Å². The van der Waals surface area contributed by atoms with Gasteiger partial charge in [0.15, 0.2) is 0 Å². The number of carbonyl (C=O) groups is 1. The normalized spacial score (nSPS) is 18.1. The van der Waals surface area contributed by atoms with Gasteiger partial charge in [0.1, 0.15) is 17.5 Å². The summed E-state index contributed by atoms with van der Waals surface area (Å²) in [6.07, 6.45) is -8.52. The monoisotopic (exact) mass is 560 g/mol. The van der Waals surface area contributed by atoms with E-state index < -0.39 is 60.2 Å². The SMILES string of the molecule is O=C(NC[C@@](Cc1ccccc1)(c1cc(F)cc(OC(F)(F)C(F)F)c1)c1ccc(Cl)cn1)C1CC1(F)F. The molecule has 0 bridgehead atoms. The van der Waals surface area contributed by atoms with Crippen molar-refractivity contribution in [3.63, 3.8) is 0 Å². The molecule has 1 N–H and O–H groups in total. The van der Waals surface area contributed by atoms with Crippen molar-refractivity contribution in [3.05, 3.63) is 94.5 Å². The maximum Gasteiger partial charge on any atom is 0.461 e. The Morgan fingerprint density at radius 3 is 2.39 bits per heavy atom. The highest BCUT2D eigenvalue weighted by molar-refractivity contribution is 6.30. The molecule has 1 amide bonds. The third-order valence-electron chi connectivity index (χ3n) is 6.21. The molecule has 3 aromatic rings. The number of rotatable bonds is 10. The molecule has 1 saturated carbocycles. The van der Waals surface area contributed by atoms with Crippen molar-refractivity contribution in [1.29, 1.82) is 0 Å². The summed E-state index contributed by atoms with van der Waals surface area (Å²) in [5.41, 5.74) is -0.837. The van der Waals surface area contributed by atoms with Gasteiger partial charge < -0.3 is 10.1 Å². The van der Waals surface area contributed by atoms with Crippen LogP contribution in [0.2, 0.25) is 5.02 Å². The lowest BCUT2D eigenvalue weighted by Gasteiger charge is -2.35.